The quantitative estimate of drug-likeness (QED) is 0.629. The predicted molar refractivity (Wildman–Crippen MR) is 108 cm³/mol. The van der Waals surface area contributed by atoms with Gasteiger partial charge in [0.05, 0.1) is 13.2 Å². The van der Waals surface area contributed by atoms with Crippen molar-refractivity contribution in [2.45, 2.75) is 26.3 Å². The Morgan fingerprint density at radius 2 is 1.97 bits per heavy atom. The van der Waals surface area contributed by atoms with Crippen LogP contribution in [-0.4, -0.2) is 41.6 Å². The lowest BCUT2D eigenvalue weighted by Crippen LogP contribution is -2.32. The zero-order valence-electron chi connectivity index (χ0n) is 16.7. The van der Waals surface area contributed by atoms with E-state index >= 15 is 0 Å². The van der Waals surface area contributed by atoms with Gasteiger partial charge in [-0.1, -0.05) is 19.1 Å². The number of hydrogen-bond donors (Lipinski definition) is 2. The smallest absolute Gasteiger partial charge is 0.263 e. The normalized spacial score (nSPS) is 17.6. The lowest BCUT2D eigenvalue weighted by molar-refractivity contribution is 0.0961. The van der Waals surface area contributed by atoms with Gasteiger partial charge in [0.15, 0.2) is 5.78 Å². The standard InChI is InChI=1S/C22H26N2O5/c1-14-9-16(14)11-20(26)17-10-19(21(27)23-2)22(28)24(13-17)12-15-3-5-18(6-4-15)29-8-7-25/h3-6,10,13-14,16,25H,7-9,11-12H2,1-2H3,(H,23,27)/t14-,16+/m0/s1. The summed E-state index contributed by atoms with van der Waals surface area (Å²) < 4.78 is 6.74. The summed E-state index contributed by atoms with van der Waals surface area (Å²) in [4.78, 5) is 37.6. The van der Waals surface area contributed by atoms with Gasteiger partial charge in [-0.25, -0.2) is 0 Å². The number of carbonyl (C=O) groups is 2. The van der Waals surface area contributed by atoms with Crippen molar-refractivity contribution in [2.24, 2.45) is 11.8 Å². The highest BCUT2D eigenvalue weighted by molar-refractivity contribution is 6.00. The Bertz CT molecular complexity index is 949. The van der Waals surface area contributed by atoms with Crippen molar-refractivity contribution in [1.29, 1.82) is 0 Å². The molecule has 29 heavy (non-hydrogen) atoms. The number of amides is 1. The van der Waals surface area contributed by atoms with Crippen LogP contribution in [0, 0.1) is 11.8 Å². The number of pyridine rings is 1. The van der Waals surface area contributed by atoms with Crippen molar-refractivity contribution in [3.63, 3.8) is 0 Å². The maximum absolute atomic E-state index is 12.8. The number of rotatable bonds is 9. The summed E-state index contributed by atoms with van der Waals surface area (Å²) >= 11 is 0. The Morgan fingerprint density at radius 3 is 2.55 bits per heavy atom. The molecular weight excluding hydrogens is 372 g/mol. The molecule has 7 nitrogen and oxygen atoms in total. The maximum atomic E-state index is 12.8. The van der Waals surface area contributed by atoms with E-state index in [0.29, 0.717) is 29.6 Å². The molecule has 2 N–H and O–H groups in total. The van der Waals surface area contributed by atoms with E-state index in [1.165, 1.54) is 17.7 Å². The fourth-order valence-electron chi connectivity index (χ4n) is 3.29. The van der Waals surface area contributed by atoms with Crippen LogP contribution in [-0.2, 0) is 6.54 Å². The number of Topliss-reactive ketones (excluding diaryl/α,β-unsaturated/α-hetero) is 1. The van der Waals surface area contributed by atoms with E-state index in [9.17, 15) is 14.4 Å². The molecule has 1 aliphatic carbocycles. The monoisotopic (exact) mass is 398 g/mol. The Balaban J connectivity index is 1.87. The molecule has 2 atom stereocenters. The molecule has 0 radical (unpaired) electrons. The van der Waals surface area contributed by atoms with E-state index in [0.717, 1.165) is 12.0 Å². The highest BCUT2D eigenvalue weighted by atomic mass is 16.5. The van der Waals surface area contributed by atoms with Gasteiger partial charge in [-0.3, -0.25) is 14.4 Å². The summed E-state index contributed by atoms with van der Waals surface area (Å²) in [6.07, 6.45) is 3.02. The first-order valence-corrected chi connectivity index (χ1v) is 9.75. The molecule has 1 amide bonds. The predicted octanol–water partition coefficient (Wildman–Crippen LogP) is 1.86. The minimum Gasteiger partial charge on any atom is -0.491 e. The van der Waals surface area contributed by atoms with E-state index in [4.69, 9.17) is 9.84 Å². The molecule has 0 spiro atoms. The van der Waals surface area contributed by atoms with Gasteiger partial charge in [0, 0.05) is 25.2 Å². The number of nitrogens with zero attached hydrogens (tertiary/aromatic N) is 1. The third-order valence-electron chi connectivity index (χ3n) is 5.24. The van der Waals surface area contributed by atoms with Gasteiger partial charge < -0.3 is 19.7 Å². The van der Waals surface area contributed by atoms with Crippen molar-refractivity contribution in [1.82, 2.24) is 9.88 Å². The van der Waals surface area contributed by atoms with Crippen LogP contribution in [0.2, 0.25) is 0 Å². The second-order valence-corrected chi connectivity index (χ2v) is 7.47. The second-order valence-electron chi connectivity index (χ2n) is 7.47. The molecule has 0 aliphatic heterocycles. The van der Waals surface area contributed by atoms with Gasteiger partial charge >= 0.3 is 0 Å². The summed E-state index contributed by atoms with van der Waals surface area (Å²) in [5.41, 5.74) is 0.725. The second kappa shape index (κ2) is 9.05. The van der Waals surface area contributed by atoms with Crippen LogP contribution in [0.3, 0.4) is 0 Å². The van der Waals surface area contributed by atoms with E-state index in [1.54, 1.807) is 30.5 Å². The molecule has 1 fully saturated rings. The molecule has 1 aromatic carbocycles. The molecule has 154 valence electrons. The average molecular weight is 398 g/mol. The Hall–Kier alpha value is -2.93. The molecule has 1 aliphatic rings. The van der Waals surface area contributed by atoms with E-state index < -0.39 is 11.5 Å². The average Bonchev–Trinajstić information content (AvgIpc) is 3.42. The topological polar surface area (TPSA) is 97.6 Å². The third-order valence-corrected chi connectivity index (χ3v) is 5.24. The van der Waals surface area contributed by atoms with Gasteiger partial charge in [0.1, 0.15) is 17.9 Å². The molecule has 1 aromatic heterocycles. The van der Waals surface area contributed by atoms with Gasteiger partial charge in [0.2, 0.25) is 0 Å². The van der Waals surface area contributed by atoms with E-state index in [-0.39, 0.29) is 31.1 Å². The number of ether oxygens (including phenoxy) is 1. The van der Waals surface area contributed by atoms with Gasteiger partial charge in [-0.15, -0.1) is 0 Å². The number of hydrogen-bond acceptors (Lipinski definition) is 5. The lowest BCUT2D eigenvalue weighted by Gasteiger charge is -2.12. The van der Waals surface area contributed by atoms with Crippen molar-refractivity contribution < 1.29 is 19.4 Å². The number of aliphatic hydroxyl groups excluding tert-OH is 1. The van der Waals surface area contributed by atoms with E-state index in [2.05, 4.69) is 12.2 Å². The largest absolute Gasteiger partial charge is 0.491 e. The molecule has 1 heterocycles. The van der Waals surface area contributed by atoms with Crippen LogP contribution in [0.5, 0.6) is 5.75 Å². The molecule has 0 saturated heterocycles. The summed E-state index contributed by atoms with van der Waals surface area (Å²) in [6, 6.07) is 8.51. The number of aromatic nitrogens is 1. The van der Waals surface area contributed by atoms with Crippen LogP contribution in [0.4, 0.5) is 0 Å². The highest BCUT2D eigenvalue weighted by Gasteiger charge is 2.34. The van der Waals surface area contributed by atoms with Crippen LogP contribution in [0.15, 0.2) is 41.3 Å². The Labute approximate surface area is 169 Å². The zero-order valence-corrected chi connectivity index (χ0v) is 16.7. The summed E-state index contributed by atoms with van der Waals surface area (Å²) in [5.74, 6) is 0.994. The van der Waals surface area contributed by atoms with Crippen LogP contribution >= 0.6 is 0 Å². The molecule has 2 aromatic rings. The molecule has 1 saturated carbocycles. The van der Waals surface area contributed by atoms with Gasteiger partial charge in [-0.2, -0.15) is 0 Å². The van der Waals surface area contributed by atoms with Crippen molar-refractivity contribution >= 4 is 11.7 Å². The zero-order chi connectivity index (χ0) is 21.0. The molecule has 3 rings (SSSR count). The number of benzene rings is 1. The number of nitrogens with one attached hydrogen (secondary N) is 1. The Morgan fingerprint density at radius 1 is 1.28 bits per heavy atom. The summed E-state index contributed by atoms with van der Waals surface area (Å²) in [5, 5.41) is 11.3. The van der Waals surface area contributed by atoms with Crippen molar-refractivity contribution in [2.75, 3.05) is 20.3 Å². The fourth-order valence-corrected chi connectivity index (χ4v) is 3.29. The number of carbonyl (C=O) groups excluding carboxylic acids is 2. The first-order chi connectivity index (χ1) is 13.9. The SMILES string of the molecule is CNC(=O)c1cc(C(=O)C[C@H]2C[C@@H]2C)cn(Cc2ccc(OCCO)cc2)c1=O. The molecule has 7 heteroatoms. The minimum atomic E-state index is -0.508. The van der Waals surface area contributed by atoms with Crippen LogP contribution in [0.1, 0.15) is 46.0 Å². The number of aliphatic hydroxyl groups is 1. The van der Waals surface area contributed by atoms with Crippen molar-refractivity contribution in [3.8, 4) is 5.75 Å². The summed E-state index contributed by atoms with van der Waals surface area (Å²) in [6.45, 7) is 2.48. The Kier molecular flexibility index (Phi) is 6.49. The van der Waals surface area contributed by atoms with Crippen molar-refractivity contribution in [3.05, 3.63) is 63.6 Å². The maximum Gasteiger partial charge on any atom is 0.263 e. The fraction of sp³-hybridized carbons (Fsp3) is 0.409. The van der Waals surface area contributed by atoms with Crippen LogP contribution < -0.4 is 15.6 Å². The lowest BCUT2D eigenvalue weighted by atomic mass is 10.0. The third kappa shape index (κ3) is 5.12. The van der Waals surface area contributed by atoms with Crippen LogP contribution in [0.25, 0.3) is 0 Å². The van der Waals surface area contributed by atoms with E-state index in [1.807, 2.05) is 0 Å². The first kappa shape index (κ1) is 20.8. The summed E-state index contributed by atoms with van der Waals surface area (Å²) in [7, 11) is 1.46. The first-order valence-electron chi connectivity index (χ1n) is 9.75. The van der Waals surface area contributed by atoms with Gasteiger partial charge in [0.25, 0.3) is 11.5 Å². The molecular formula is C22H26N2O5. The molecule has 0 bridgehead atoms. The number of ketones is 1. The highest BCUT2D eigenvalue weighted by Crippen LogP contribution is 2.41. The van der Waals surface area contributed by atoms with Gasteiger partial charge in [-0.05, 0) is 42.0 Å². The molecule has 0 unspecified atom stereocenters. The minimum absolute atomic E-state index is 0.0369.